The summed E-state index contributed by atoms with van der Waals surface area (Å²) in [6.45, 7) is 0.958. The minimum atomic E-state index is 0.201. The summed E-state index contributed by atoms with van der Waals surface area (Å²) in [5.74, 6) is 2.47. The largest absolute Gasteiger partial charge is 0.346 e. The second kappa shape index (κ2) is 5.21. The number of hydrogen-bond donors (Lipinski definition) is 1. The van der Waals surface area contributed by atoms with E-state index in [0.29, 0.717) is 5.82 Å². The molecule has 1 fully saturated rings. The van der Waals surface area contributed by atoms with Crippen LogP contribution in [0.2, 0.25) is 0 Å². The lowest BCUT2D eigenvalue weighted by molar-refractivity contribution is 0.663. The zero-order valence-electron chi connectivity index (χ0n) is 11.2. The summed E-state index contributed by atoms with van der Waals surface area (Å²) in [5, 5.41) is 9.68. The zero-order valence-corrected chi connectivity index (χ0v) is 12.0. The van der Waals surface area contributed by atoms with Crippen molar-refractivity contribution in [3.63, 3.8) is 0 Å². The molecule has 1 saturated heterocycles. The molecule has 3 aromatic rings. The summed E-state index contributed by atoms with van der Waals surface area (Å²) in [4.78, 5) is 19.8. The molecule has 8 heteroatoms. The average molecular weight is 299 g/mol. The molecule has 4 rings (SSSR count). The second-order valence-corrected chi connectivity index (χ2v) is 5.69. The maximum atomic E-state index is 4.66. The molecular weight excluding hydrogens is 286 g/mol. The summed E-state index contributed by atoms with van der Waals surface area (Å²) >= 11 is 1.54. The van der Waals surface area contributed by atoms with Crippen LogP contribution in [-0.2, 0) is 0 Å². The van der Waals surface area contributed by atoms with Crippen LogP contribution in [0.25, 0.3) is 10.8 Å². The standard InChI is InChI=1S/C13H13N7S/c1-2-9(11-16-8-17-19-11)20(6-1)10-3-4-14-12(18-10)13-15-5-7-21-13/h3-5,7-9H,1-2,6H2,(H,16,17,19)/t9-/m0/s1. The zero-order chi connectivity index (χ0) is 14.1. The van der Waals surface area contributed by atoms with Crippen LogP contribution in [0.3, 0.4) is 0 Å². The molecule has 3 aromatic heterocycles. The molecule has 106 valence electrons. The first-order valence-electron chi connectivity index (χ1n) is 6.76. The van der Waals surface area contributed by atoms with Gasteiger partial charge in [-0.3, -0.25) is 5.10 Å². The van der Waals surface area contributed by atoms with E-state index in [-0.39, 0.29) is 6.04 Å². The van der Waals surface area contributed by atoms with Gasteiger partial charge < -0.3 is 4.90 Å². The number of thiazole rings is 1. The minimum Gasteiger partial charge on any atom is -0.346 e. The van der Waals surface area contributed by atoms with Gasteiger partial charge in [-0.1, -0.05) is 0 Å². The number of nitrogens with zero attached hydrogens (tertiary/aromatic N) is 6. The van der Waals surface area contributed by atoms with Gasteiger partial charge in [0, 0.05) is 24.3 Å². The normalized spacial score (nSPS) is 18.3. The molecule has 1 aliphatic rings. The van der Waals surface area contributed by atoms with Gasteiger partial charge in [0.15, 0.2) is 10.8 Å². The summed E-state index contributed by atoms with van der Waals surface area (Å²) in [6.07, 6.45) is 7.26. The number of anilines is 1. The lowest BCUT2D eigenvalue weighted by Crippen LogP contribution is -2.24. The number of aromatic nitrogens is 6. The fourth-order valence-electron chi connectivity index (χ4n) is 2.65. The summed E-state index contributed by atoms with van der Waals surface area (Å²) in [7, 11) is 0. The third-order valence-corrected chi connectivity index (χ3v) is 4.33. The molecule has 7 nitrogen and oxygen atoms in total. The molecule has 0 spiro atoms. The molecule has 0 unspecified atom stereocenters. The third-order valence-electron chi connectivity index (χ3n) is 3.56. The van der Waals surface area contributed by atoms with E-state index in [2.05, 4.69) is 35.0 Å². The van der Waals surface area contributed by atoms with Gasteiger partial charge in [-0.15, -0.1) is 11.3 Å². The van der Waals surface area contributed by atoms with E-state index < -0.39 is 0 Å². The second-order valence-electron chi connectivity index (χ2n) is 4.80. The predicted octanol–water partition coefficient (Wildman–Crippen LogP) is 2.06. The van der Waals surface area contributed by atoms with Gasteiger partial charge in [0.25, 0.3) is 0 Å². The highest BCUT2D eigenvalue weighted by Gasteiger charge is 2.29. The Balaban J connectivity index is 1.68. The SMILES string of the molecule is c1cc(N2CCC[C@H]2c2ncn[nH]2)nc(-c2nccs2)n1. The molecule has 1 N–H and O–H groups in total. The van der Waals surface area contributed by atoms with E-state index in [9.17, 15) is 0 Å². The van der Waals surface area contributed by atoms with Crippen LogP contribution >= 0.6 is 11.3 Å². The first kappa shape index (κ1) is 12.4. The molecule has 0 aliphatic carbocycles. The Morgan fingerprint density at radius 1 is 1.24 bits per heavy atom. The topological polar surface area (TPSA) is 83.5 Å². The maximum absolute atomic E-state index is 4.66. The lowest BCUT2D eigenvalue weighted by Gasteiger charge is -2.23. The third kappa shape index (κ3) is 2.27. The van der Waals surface area contributed by atoms with E-state index in [0.717, 1.165) is 36.0 Å². The van der Waals surface area contributed by atoms with Crippen LogP contribution in [0.5, 0.6) is 0 Å². The van der Waals surface area contributed by atoms with Crippen molar-refractivity contribution in [2.75, 3.05) is 11.4 Å². The smallest absolute Gasteiger partial charge is 0.190 e. The lowest BCUT2D eigenvalue weighted by atomic mass is 10.2. The van der Waals surface area contributed by atoms with Gasteiger partial charge in [0.2, 0.25) is 0 Å². The highest BCUT2D eigenvalue weighted by atomic mass is 32.1. The van der Waals surface area contributed by atoms with Crippen LogP contribution in [0, 0.1) is 0 Å². The Morgan fingerprint density at radius 2 is 2.24 bits per heavy atom. The predicted molar refractivity (Wildman–Crippen MR) is 78.8 cm³/mol. The highest BCUT2D eigenvalue weighted by Crippen LogP contribution is 2.33. The van der Waals surface area contributed by atoms with Crippen LogP contribution in [0.1, 0.15) is 24.7 Å². The molecular formula is C13H13N7S. The Kier molecular flexibility index (Phi) is 3.07. The van der Waals surface area contributed by atoms with Crippen LogP contribution in [0.4, 0.5) is 5.82 Å². The highest BCUT2D eigenvalue weighted by molar-refractivity contribution is 7.12. The van der Waals surface area contributed by atoms with Crippen molar-refractivity contribution in [1.82, 2.24) is 30.1 Å². The molecule has 0 saturated carbocycles. The molecule has 0 radical (unpaired) electrons. The van der Waals surface area contributed by atoms with Crippen molar-refractivity contribution >= 4 is 17.2 Å². The average Bonchev–Trinajstić information content (AvgIpc) is 3.26. The Labute approximate surface area is 125 Å². The van der Waals surface area contributed by atoms with Crippen molar-refractivity contribution in [3.05, 3.63) is 36.0 Å². The summed E-state index contributed by atoms with van der Waals surface area (Å²) in [5.41, 5.74) is 0. The monoisotopic (exact) mass is 299 g/mol. The van der Waals surface area contributed by atoms with Gasteiger partial charge in [-0.05, 0) is 18.9 Å². The molecule has 21 heavy (non-hydrogen) atoms. The summed E-state index contributed by atoms with van der Waals surface area (Å²) < 4.78 is 0. The van der Waals surface area contributed by atoms with Crippen molar-refractivity contribution in [3.8, 4) is 10.8 Å². The van der Waals surface area contributed by atoms with Crippen LogP contribution in [-0.4, -0.2) is 36.7 Å². The van der Waals surface area contributed by atoms with E-state index in [1.165, 1.54) is 0 Å². The first-order valence-corrected chi connectivity index (χ1v) is 7.64. The van der Waals surface area contributed by atoms with E-state index >= 15 is 0 Å². The van der Waals surface area contributed by atoms with Gasteiger partial charge in [0.05, 0.1) is 6.04 Å². The fraction of sp³-hybridized carbons (Fsp3) is 0.308. The van der Waals surface area contributed by atoms with Gasteiger partial charge >= 0.3 is 0 Å². The molecule has 1 atom stereocenters. The van der Waals surface area contributed by atoms with Gasteiger partial charge in [-0.25, -0.2) is 19.9 Å². The number of aromatic amines is 1. The molecule has 0 amide bonds. The van der Waals surface area contributed by atoms with E-state index in [1.807, 2.05) is 11.4 Å². The Bertz CT molecular complexity index is 710. The molecule has 0 aromatic carbocycles. The maximum Gasteiger partial charge on any atom is 0.190 e. The molecule has 1 aliphatic heterocycles. The minimum absolute atomic E-state index is 0.201. The number of rotatable bonds is 3. The van der Waals surface area contributed by atoms with Crippen LogP contribution in [0.15, 0.2) is 30.2 Å². The quantitative estimate of drug-likeness (QED) is 0.797. The van der Waals surface area contributed by atoms with Crippen LogP contribution < -0.4 is 4.90 Å². The first-order chi connectivity index (χ1) is 10.4. The number of nitrogens with one attached hydrogen (secondary N) is 1. The van der Waals surface area contributed by atoms with Crippen molar-refractivity contribution in [2.45, 2.75) is 18.9 Å². The van der Waals surface area contributed by atoms with E-state index in [1.54, 1.807) is 30.1 Å². The Hall–Kier alpha value is -2.35. The number of H-pyrrole nitrogens is 1. The number of hydrogen-bond acceptors (Lipinski definition) is 7. The van der Waals surface area contributed by atoms with E-state index in [4.69, 9.17) is 0 Å². The van der Waals surface area contributed by atoms with Crippen molar-refractivity contribution in [2.24, 2.45) is 0 Å². The van der Waals surface area contributed by atoms with Gasteiger partial charge in [0.1, 0.15) is 18.0 Å². The van der Waals surface area contributed by atoms with Crippen molar-refractivity contribution < 1.29 is 0 Å². The Morgan fingerprint density at radius 3 is 3.05 bits per heavy atom. The summed E-state index contributed by atoms with van der Waals surface area (Å²) in [6, 6.07) is 2.14. The molecule has 4 heterocycles. The van der Waals surface area contributed by atoms with Crippen molar-refractivity contribution in [1.29, 1.82) is 0 Å². The fourth-order valence-corrected chi connectivity index (χ4v) is 3.22. The molecule has 0 bridgehead atoms. The van der Waals surface area contributed by atoms with Gasteiger partial charge in [-0.2, -0.15) is 5.10 Å².